The lowest BCUT2D eigenvalue weighted by Gasteiger charge is -2.33. The van der Waals surface area contributed by atoms with Crippen molar-refractivity contribution >= 4 is 24.0 Å². The van der Waals surface area contributed by atoms with Crippen LogP contribution in [0.1, 0.15) is 33.1 Å². The third-order valence-corrected chi connectivity index (χ3v) is 6.17. The van der Waals surface area contributed by atoms with E-state index < -0.39 is 19.5 Å². The Labute approximate surface area is 185 Å². The third kappa shape index (κ3) is 7.95. The summed E-state index contributed by atoms with van der Waals surface area (Å²) in [6.07, 6.45) is 4.84. The van der Waals surface area contributed by atoms with Crippen LogP contribution in [-0.4, -0.2) is 52.0 Å². The van der Waals surface area contributed by atoms with Crippen molar-refractivity contribution in [1.82, 2.24) is 0 Å². The van der Waals surface area contributed by atoms with Gasteiger partial charge in [0.2, 0.25) is 0 Å². The fourth-order valence-electron chi connectivity index (χ4n) is 3.13. The molecule has 6 heteroatoms. The average molecular weight is 479 g/mol. The third-order valence-electron chi connectivity index (χ3n) is 4.25. The minimum atomic E-state index is -1.32. The van der Waals surface area contributed by atoms with Crippen molar-refractivity contribution in [3.63, 3.8) is 0 Å². The molecule has 1 aliphatic carbocycles. The highest BCUT2D eigenvalue weighted by molar-refractivity contribution is 9.11. The summed E-state index contributed by atoms with van der Waals surface area (Å²) in [6.45, 7) is 11.9. The topological polar surface area (TPSA) is 36.9 Å². The Morgan fingerprint density at radius 3 is 2.31 bits per heavy atom. The first-order valence-electron chi connectivity index (χ1n) is 9.98. The van der Waals surface area contributed by atoms with E-state index in [1.165, 1.54) is 0 Å². The summed E-state index contributed by atoms with van der Waals surface area (Å²) < 4.78 is 24.2. The number of allylic oxidation sites excluding steroid dienone is 1. The summed E-state index contributed by atoms with van der Waals surface area (Å²) in [4.78, 5) is 0. The number of hydrogen-bond donors (Lipinski definition) is 0. The maximum absolute atomic E-state index is 6.25. The number of hydrogen-bond acceptors (Lipinski definition) is 4. The molecule has 2 aliphatic rings. The van der Waals surface area contributed by atoms with Crippen LogP contribution >= 0.6 is 15.9 Å². The highest BCUT2D eigenvalue weighted by atomic mass is 79.9. The Morgan fingerprint density at radius 1 is 1.07 bits per heavy atom. The van der Waals surface area contributed by atoms with Crippen molar-refractivity contribution in [3.8, 4) is 35.1 Å². The lowest BCUT2D eigenvalue weighted by Crippen LogP contribution is -2.41. The zero-order valence-corrected chi connectivity index (χ0v) is 20.7. The van der Waals surface area contributed by atoms with Crippen LogP contribution in [0.4, 0.5) is 0 Å². The van der Waals surface area contributed by atoms with Gasteiger partial charge in [0.25, 0.3) is 0 Å². The van der Waals surface area contributed by atoms with E-state index in [-0.39, 0.29) is 6.10 Å². The highest BCUT2D eigenvalue weighted by Gasteiger charge is 2.54. The molecule has 0 unspecified atom stereocenters. The maximum Gasteiger partial charge on any atom is 0.166 e. The van der Waals surface area contributed by atoms with Gasteiger partial charge < -0.3 is 18.9 Å². The van der Waals surface area contributed by atoms with Crippen LogP contribution in [0.5, 0.6) is 0 Å². The van der Waals surface area contributed by atoms with E-state index in [0.29, 0.717) is 26.4 Å². The van der Waals surface area contributed by atoms with Crippen LogP contribution in [0.2, 0.25) is 19.6 Å². The molecule has 1 aliphatic heterocycles. The maximum atomic E-state index is 6.25. The fraction of sp³-hybridized carbons (Fsp3) is 0.652. The van der Waals surface area contributed by atoms with Crippen LogP contribution in [0.25, 0.3) is 0 Å². The molecule has 0 bridgehead atoms. The Balaban J connectivity index is 1.73. The standard InChI is InChI=1S/C23H31BrO4Si/c1-22(2)27-21(23(28-22)14-7-6-12-20(23)24)13-10-17-25-15-8-9-16-26-18-11-19-29(3,4)5/h12,21H,6-7,14-18H2,1-5H3/t21-,23-/m0/s1. The molecule has 0 saturated carbocycles. The summed E-state index contributed by atoms with van der Waals surface area (Å²) in [6, 6.07) is 0. The van der Waals surface area contributed by atoms with Gasteiger partial charge in [0.15, 0.2) is 11.9 Å². The molecular formula is C23H31BrO4Si. The van der Waals surface area contributed by atoms with E-state index in [0.717, 1.165) is 23.7 Å². The van der Waals surface area contributed by atoms with E-state index in [4.69, 9.17) is 18.9 Å². The van der Waals surface area contributed by atoms with Crippen molar-refractivity contribution in [3.05, 3.63) is 10.6 Å². The molecule has 2 atom stereocenters. The largest absolute Gasteiger partial charge is 0.356 e. The molecule has 0 radical (unpaired) electrons. The van der Waals surface area contributed by atoms with Crippen molar-refractivity contribution < 1.29 is 18.9 Å². The zero-order chi connectivity index (χ0) is 21.4. The summed E-state index contributed by atoms with van der Waals surface area (Å²) in [7, 11) is -1.32. The van der Waals surface area contributed by atoms with Crippen LogP contribution in [0.15, 0.2) is 10.6 Å². The molecule has 158 valence electrons. The van der Waals surface area contributed by atoms with Gasteiger partial charge in [-0.3, -0.25) is 0 Å². The molecular weight excluding hydrogens is 448 g/mol. The molecule has 1 spiro atoms. The molecule has 0 aromatic rings. The average Bonchev–Trinajstić information content (AvgIpc) is 2.88. The summed E-state index contributed by atoms with van der Waals surface area (Å²) >= 11 is 3.67. The molecule has 2 rings (SSSR count). The second-order valence-corrected chi connectivity index (χ2v) is 14.1. The molecule has 0 aromatic carbocycles. The van der Waals surface area contributed by atoms with E-state index >= 15 is 0 Å². The van der Waals surface area contributed by atoms with Gasteiger partial charge in [-0.2, -0.15) is 0 Å². The molecule has 29 heavy (non-hydrogen) atoms. The van der Waals surface area contributed by atoms with Gasteiger partial charge in [0, 0.05) is 4.48 Å². The minimum absolute atomic E-state index is 0.301. The Bertz CT molecular complexity index is 779. The van der Waals surface area contributed by atoms with Gasteiger partial charge in [-0.15, -0.1) is 5.54 Å². The van der Waals surface area contributed by atoms with E-state index in [1.807, 2.05) is 13.8 Å². The normalized spacial score (nSPS) is 25.2. The lowest BCUT2D eigenvalue weighted by molar-refractivity contribution is -0.155. The van der Waals surface area contributed by atoms with Crippen molar-refractivity contribution in [1.29, 1.82) is 0 Å². The molecule has 1 heterocycles. The highest BCUT2D eigenvalue weighted by Crippen LogP contribution is 2.48. The van der Waals surface area contributed by atoms with E-state index in [9.17, 15) is 0 Å². The summed E-state index contributed by atoms with van der Waals surface area (Å²) in [5.74, 6) is 14.5. The first-order chi connectivity index (χ1) is 13.6. The Morgan fingerprint density at radius 2 is 1.69 bits per heavy atom. The number of halogens is 1. The second-order valence-electron chi connectivity index (χ2n) is 8.55. The Hall–Kier alpha value is -1.04. The van der Waals surface area contributed by atoms with Crippen LogP contribution in [0, 0.1) is 35.1 Å². The predicted octanol–water partition coefficient (Wildman–Crippen LogP) is 4.26. The van der Waals surface area contributed by atoms with Crippen molar-refractivity contribution in [2.45, 2.75) is 70.2 Å². The van der Waals surface area contributed by atoms with Gasteiger partial charge >= 0.3 is 0 Å². The number of ether oxygens (including phenoxy) is 4. The summed E-state index contributed by atoms with van der Waals surface area (Å²) in [5.41, 5.74) is 2.74. The SMILES string of the molecule is CC1(C)O[C@@H](C#CCOCC#CCOCC#C[Si](C)(C)C)[C@@]2(CCCC=C2Br)O1. The second kappa shape index (κ2) is 10.8. The molecule has 0 amide bonds. The molecule has 1 saturated heterocycles. The zero-order valence-electron chi connectivity index (χ0n) is 18.1. The van der Waals surface area contributed by atoms with Gasteiger partial charge in [0.1, 0.15) is 40.1 Å². The quantitative estimate of drug-likeness (QED) is 0.343. The first kappa shape index (κ1) is 24.2. The molecule has 0 N–H and O–H groups in total. The van der Waals surface area contributed by atoms with Crippen LogP contribution < -0.4 is 0 Å². The number of rotatable bonds is 4. The van der Waals surface area contributed by atoms with Crippen LogP contribution in [0.3, 0.4) is 0 Å². The van der Waals surface area contributed by atoms with Crippen molar-refractivity contribution in [2.24, 2.45) is 0 Å². The van der Waals surface area contributed by atoms with E-state index in [2.05, 4.69) is 76.8 Å². The fourth-order valence-corrected chi connectivity index (χ4v) is 4.45. The molecule has 0 aromatic heterocycles. The Kier molecular flexibility index (Phi) is 9.05. The van der Waals surface area contributed by atoms with Gasteiger partial charge in [0.05, 0.1) is 0 Å². The van der Waals surface area contributed by atoms with E-state index in [1.54, 1.807) is 0 Å². The minimum Gasteiger partial charge on any atom is -0.356 e. The van der Waals surface area contributed by atoms with Gasteiger partial charge in [-0.1, -0.05) is 71.2 Å². The monoisotopic (exact) mass is 478 g/mol. The van der Waals surface area contributed by atoms with Crippen LogP contribution in [-0.2, 0) is 18.9 Å². The smallest absolute Gasteiger partial charge is 0.166 e. The van der Waals surface area contributed by atoms with Gasteiger partial charge in [-0.05, 0) is 33.1 Å². The van der Waals surface area contributed by atoms with Crippen molar-refractivity contribution in [2.75, 3.05) is 26.4 Å². The van der Waals surface area contributed by atoms with Gasteiger partial charge in [-0.25, -0.2) is 0 Å². The molecule has 4 nitrogen and oxygen atoms in total. The lowest BCUT2D eigenvalue weighted by atomic mass is 9.86. The molecule has 1 fully saturated rings. The summed E-state index contributed by atoms with van der Waals surface area (Å²) in [5, 5.41) is 0. The predicted molar refractivity (Wildman–Crippen MR) is 122 cm³/mol. The first-order valence-corrected chi connectivity index (χ1v) is 14.3.